The van der Waals surface area contributed by atoms with Crippen molar-refractivity contribution >= 4 is 17.7 Å². The van der Waals surface area contributed by atoms with Crippen LogP contribution in [-0.2, 0) is 11.3 Å². The summed E-state index contributed by atoms with van der Waals surface area (Å²) >= 11 is 1.43. The van der Waals surface area contributed by atoms with E-state index in [1.54, 1.807) is 14.2 Å². The van der Waals surface area contributed by atoms with Gasteiger partial charge < -0.3 is 19.4 Å². The number of carbonyl (C=O) groups is 1. The number of hydrogen-bond acceptors (Lipinski definition) is 6. The van der Waals surface area contributed by atoms with Gasteiger partial charge >= 0.3 is 0 Å². The van der Waals surface area contributed by atoms with E-state index in [0.717, 1.165) is 28.9 Å². The third-order valence-corrected chi connectivity index (χ3v) is 7.03. The number of nitrogens with zero attached hydrogens (tertiary/aromatic N) is 3. The molecule has 2 fully saturated rings. The molecule has 2 aliphatic rings. The van der Waals surface area contributed by atoms with Crippen LogP contribution in [0.3, 0.4) is 0 Å². The van der Waals surface area contributed by atoms with Crippen molar-refractivity contribution in [3.63, 3.8) is 0 Å². The molecule has 156 valence electrons. The molecule has 2 bridgehead atoms. The summed E-state index contributed by atoms with van der Waals surface area (Å²) in [6.07, 6.45) is 5.03. The summed E-state index contributed by atoms with van der Waals surface area (Å²) < 4.78 is 12.8. The molecule has 1 N–H and O–H groups in total. The van der Waals surface area contributed by atoms with Gasteiger partial charge in [0.15, 0.2) is 11.0 Å². The van der Waals surface area contributed by atoms with Crippen molar-refractivity contribution < 1.29 is 14.3 Å². The van der Waals surface area contributed by atoms with Crippen molar-refractivity contribution in [3.8, 4) is 22.9 Å². The number of hydrogen-bond donors (Lipinski definition) is 1. The van der Waals surface area contributed by atoms with Crippen molar-refractivity contribution in [3.05, 3.63) is 18.2 Å². The molecule has 0 radical (unpaired) electrons. The maximum Gasteiger partial charge on any atom is 0.230 e. The molecule has 4 rings (SSSR count). The number of ether oxygens (including phenoxy) is 2. The molecule has 2 aliphatic carbocycles. The van der Waals surface area contributed by atoms with E-state index in [-0.39, 0.29) is 5.91 Å². The van der Waals surface area contributed by atoms with Crippen molar-refractivity contribution in [2.24, 2.45) is 11.8 Å². The number of amides is 1. The molecule has 0 aliphatic heterocycles. The minimum absolute atomic E-state index is 0.0859. The van der Waals surface area contributed by atoms with Crippen LogP contribution in [0, 0.1) is 11.8 Å². The Labute approximate surface area is 175 Å². The topological polar surface area (TPSA) is 78.3 Å². The zero-order valence-corrected chi connectivity index (χ0v) is 18.0. The average Bonchev–Trinajstić information content (AvgIpc) is 3.46. The predicted molar refractivity (Wildman–Crippen MR) is 112 cm³/mol. The number of methoxy groups -OCH3 is 2. The Hall–Kier alpha value is -2.22. The first-order chi connectivity index (χ1) is 14.1. The molecule has 0 saturated heterocycles. The van der Waals surface area contributed by atoms with Crippen LogP contribution in [0.1, 0.15) is 32.6 Å². The van der Waals surface area contributed by atoms with E-state index in [0.29, 0.717) is 35.8 Å². The Kier molecular flexibility index (Phi) is 5.99. The first-order valence-corrected chi connectivity index (χ1v) is 11.2. The van der Waals surface area contributed by atoms with Gasteiger partial charge in [0.05, 0.1) is 20.0 Å². The Morgan fingerprint density at radius 3 is 2.52 bits per heavy atom. The Morgan fingerprint density at radius 2 is 1.93 bits per heavy atom. The summed E-state index contributed by atoms with van der Waals surface area (Å²) in [5.41, 5.74) is 0.869. The molecule has 29 heavy (non-hydrogen) atoms. The SMILES string of the molecule is CCn1c(SCC(=O)N[C@H]2C[C@H]3CC[C@H]2C3)nnc1-c1cc(OC)cc(OC)c1. The van der Waals surface area contributed by atoms with Gasteiger partial charge in [0, 0.05) is 24.2 Å². The second kappa shape index (κ2) is 8.65. The van der Waals surface area contributed by atoms with Gasteiger partial charge in [-0.05, 0) is 50.2 Å². The predicted octanol–water partition coefficient (Wildman–Crippen LogP) is 3.38. The molecule has 0 spiro atoms. The molecular weight excluding hydrogens is 388 g/mol. The summed E-state index contributed by atoms with van der Waals surface area (Å²) in [6.45, 7) is 2.75. The Balaban J connectivity index is 1.44. The summed E-state index contributed by atoms with van der Waals surface area (Å²) in [4.78, 5) is 12.5. The van der Waals surface area contributed by atoms with Crippen LogP contribution in [0.5, 0.6) is 11.5 Å². The number of aromatic nitrogens is 3. The number of carbonyl (C=O) groups excluding carboxylic acids is 1. The molecule has 7 nitrogen and oxygen atoms in total. The third-order valence-electron chi connectivity index (χ3n) is 6.06. The van der Waals surface area contributed by atoms with E-state index in [9.17, 15) is 4.79 Å². The molecular formula is C21H28N4O3S. The maximum absolute atomic E-state index is 12.5. The number of thioether (sulfide) groups is 1. The van der Waals surface area contributed by atoms with Crippen LogP contribution in [0.2, 0.25) is 0 Å². The van der Waals surface area contributed by atoms with E-state index >= 15 is 0 Å². The second-order valence-corrected chi connectivity index (χ2v) is 8.73. The highest BCUT2D eigenvalue weighted by Gasteiger charge is 2.40. The highest BCUT2D eigenvalue weighted by Crippen LogP contribution is 2.44. The van der Waals surface area contributed by atoms with Gasteiger partial charge in [-0.15, -0.1) is 10.2 Å². The normalized spacial score (nSPS) is 22.7. The van der Waals surface area contributed by atoms with Gasteiger partial charge in [-0.25, -0.2) is 0 Å². The van der Waals surface area contributed by atoms with E-state index in [1.807, 2.05) is 29.7 Å². The van der Waals surface area contributed by atoms with Crippen LogP contribution < -0.4 is 14.8 Å². The van der Waals surface area contributed by atoms with Crippen molar-refractivity contribution in [2.45, 2.75) is 50.4 Å². The van der Waals surface area contributed by atoms with Gasteiger partial charge in [-0.2, -0.15) is 0 Å². The zero-order chi connectivity index (χ0) is 20.4. The van der Waals surface area contributed by atoms with Gasteiger partial charge in [-0.3, -0.25) is 4.79 Å². The molecule has 2 saturated carbocycles. The van der Waals surface area contributed by atoms with Crippen LogP contribution in [0.25, 0.3) is 11.4 Å². The van der Waals surface area contributed by atoms with E-state index in [2.05, 4.69) is 15.5 Å². The molecule has 1 aromatic heterocycles. The fourth-order valence-electron chi connectivity index (χ4n) is 4.63. The summed E-state index contributed by atoms with van der Waals surface area (Å²) in [5, 5.41) is 12.7. The molecule has 2 aromatic rings. The largest absolute Gasteiger partial charge is 0.497 e. The number of fused-ring (bicyclic) bond motifs is 2. The first-order valence-electron chi connectivity index (χ1n) is 10.2. The van der Waals surface area contributed by atoms with E-state index in [4.69, 9.17) is 9.47 Å². The second-order valence-electron chi connectivity index (χ2n) is 7.79. The van der Waals surface area contributed by atoms with Gasteiger partial charge in [-0.1, -0.05) is 18.2 Å². The monoisotopic (exact) mass is 416 g/mol. The van der Waals surface area contributed by atoms with Gasteiger partial charge in [0.1, 0.15) is 11.5 Å². The third kappa shape index (κ3) is 4.22. The lowest BCUT2D eigenvalue weighted by molar-refractivity contribution is -0.119. The van der Waals surface area contributed by atoms with Crippen molar-refractivity contribution in [1.82, 2.24) is 20.1 Å². The standard InChI is InChI=1S/C21H28N4O3S/c1-4-25-20(15-9-16(27-2)11-17(10-15)28-3)23-24-21(25)29-12-19(26)22-18-8-13-5-6-14(18)7-13/h9-11,13-14,18H,4-8,12H2,1-3H3,(H,22,26)/t13-,14-,18-/m0/s1. The summed E-state index contributed by atoms with van der Waals surface area (Å²) in [7, 11) is 3.25. The molecule has 1 amide bonds. The Bertz CT molecular complexity index is 863. The minimum atomic E-state index is 0.0859. The molecule has 0 unspecified atom stereocenters. The highest BCUT2D eigenvalue weighted by molar-refractivity contribution is 7.99. The van der Waals surface area contributed by atoms with E-state index < -0.39 is 0 Å². The maximum atomic E-state index is 12.5. The quantitative estimate of drug-likeness (QED) is 0.665. The smallest absolute Gasteiger partial charge is 0.230 e. The van der Waals surface area contributed by atoms with Gasteiger partial charge in [0.25, 0.3) is 0 Å². The average molecular weight is 417 g/mol. The van der Waals surface area contributed by atoms with Crippen LogP contribution in [-0.4, -0.2) is 46.7 Å². The Morgan fingerprint density at radius 1 is 1.17 bits per heavy atom. The summed E-state index contributed by atoms with van der Waals surface area (Å²) in [5.74, 6) is 4.08. The van der Waals surface area contributed by atoms with Crippen LogP contribution >= 0.6 is 11.8 Å². The number of benzene rings is 1. The molecule has 8 heteroatoms. The number of rotatable bonds is 8. The van der Waals surface area contributed by atoms with Crippen molar-refractivity contribution in [2.75, 3.05) is 20.0 Å². The number of nitrogens with one attached hydrogen (secondary N) is 1. The van der Waals surface area contributed by atoms with Gasteiger partial charge in [0.2, 0.25) is 5.91 Å². The van der Waals surface area contributed by atoms with Crippen LogP contribution in [0.15, 0.2) is 23.4 Å². The fourth-order valence-corrected chi connectivity index (χ4v) is 5.44. The highest BCUT2D eigenvalue weighted by atomic mass is 32.2. The first kappa shape index (κ1) is 20.1. The van der Waals surface area contributed by atoms with Crippen molar-refractivity contribution in [1.29, 1.82) is 0 Å². The summed E-state index contributed by atoms with van der Waals surface area (Å²) in [6, 6.07) is 6.01. The molecule has 1 aromatic carbocycles. The van der Waals surface area contributed by atoms with Crippen LogP contribution in [0.4, 0.5) is 0 Å². The lowest BCUT2D eigenvalue weighted by atomic mass is 9.95. The zero-order valence-electron chi connectivity index (χ0n) is 17.2. The minimum Gasteiger partial charge on any atom is -0.497 e. The van der Waals surface area contributed by atoms with E-state index in [1.165, 1.54) is 31.0 Å². The molecule has 1 heterocycles. The molecule has 3 atom stereocenters. The lowest BCUT2D eigenvalue weighted by Gasteiger charge is -2.22. The lowest BCUT2D eigenvalue weighted by Crippen LogP contribution is -2.39. The fraction of sp³-hybridized carbons (Fsp3) is 0.571.